The van der Waals surface area contributed by atoms with Crippen LogP contribution in [0.15, 0.2) is 36.4 Å². The van der Waals surface area contributed by atoms with Gasteiger partial charge in [0, 0.05) is 17.7 Å². The summed E-state index contributed by atoms with van der Waals surface area (Å²) in [4.78, 5) is 23.0. The number of hydrogen-bond donors (Lipinski definition) is 2. The van der Waals surface area contributed by atoms with Gasteiger partial charge in [-0.05, 0) is 62.6 Å². The number of nitrogens with one attached hydrogen (secondary N) is 1. The summed E-state index contributed by atoms with van der Waals surface area (Å²) in [6, 6.07) is 11.0. The fourth-order valence-corrected chi connectivity index (χ4v) is 2.78. The molecule has 0 saturated heterocycles. The van der Waals surface area contributed by atoms with Crippen LogP contribution in [-0.2, 0) is 4.79 Å². The van der Waals surface area contributed by atoms with Crippen LogP contribution < -0.4 is 10.1 Å². The topological polar surface area (TPSA) is 75.6 Å². The number of carbonyl (C=O) groups excluding carboxylic acids is 1. The summed E-state index contributed by atoms with van der Waals surface area (Å²) < 4.78 is 5.48. The zero-order valence-corrected chi connectivity index (χ0v) is 14.8. The van der Waals surface area contributed by atoms with Gasteiger partial charge in [-0.2, -0.15) is 0 Å². The number of carbonyl (C=O) groups is 2. The first kappa shape index (κ1) is 18.5. The van der Waals surface area contributed by atoms with Gasteiger partial charge in [0.05, 0.1) is 6.61 Å². The highest BCUT2D eigenvalue weighted by molar-refractivity contribution is 6.06. The first-order valence-corrected chi connectivity index (χ1v) is 8.20. The van der Waals surface area contributed by atoms with Crippen LogP contribution in [0.4, 0.5) is 5.69 Å². The Kier molecular flexibility index (Phi) is 6.17. The molecule has 0 radical (unpaired) electrons. The number of anilines is 1. The zero-order valence-electron chi connectivity index (χ0n) is 14.8. The molecule has 2 N–H and O–H groups in total. The minimum Gasteiger partial charge on any atom is -0.494 e. The zero-order chi connectivity index (χ0) is 18.4. The third-order valence-electron chi connectivity index (χ3n) is 3.82. The van der Waals surface area contributed by atoms with E-state index in [2.05, 4.69) is 5.32 Å². The normalized spacial score (nSPS) is 10.4. The monoisotopic (exact) mass is 341 g/mol. The van der Waals surface area contributed by atoms with Gasteiger partial charge < -0.3 is 15.2 Å². The van der Waals surface area contributed by atoms with Crippen LogP contribution in [0.25, 0.3) is 0 Å². The summed E-state index contributed by atoms with van der Waals surface area (Å²) in [5.74, 6) is -0.320. The highest BCUT2D eigenvalue weighted by atomic mass is 16.5. The summed E-state index contributed by atoms with van der Waals surface area (Å²) in [5.41, 5.74) is 4.42. The smallest absolute Gasteiger partial charge is 0.303 e. The molecule has 5 heteroatoms. The summed E-state index contributed by atoms with van der Waals surface area (Å²) in [6.45, 7) is 6.22. The van der Waals surface area contributed by atoms with Crippen molar-refractivity contribution < 1.29 is 19.4 Å². The van der Waals surface area contributed by atoms with Crippen LogP contribution in [0, 0.1) is 20.8 Å². The first-order chi connectivity index (χ1) is 11.9. The van der Waals surface area contributed by atoms with Crippen LogP contribution in [0.3, 0.4) is 0 Å². The Morgan fingerprint density at radius 1 is 1.04 bits per heavy atom. The number of benzene rings is 2. The van der Waals surface area contributed by atoms with Crippen molar-refractivity contribution in [3.05, 3.63) is 58.7 Å². The van der Waals surface area contributed by atoms with Crippen molar-refractivity contribution in [2.75, 3.05) is 11.9 Å². The van der Waals surface area contributed by atoms with E-state index in [0.29, 0.717) is 30.0 Å². The maximum absolute atomic E-state index is 12.5. The van der Waals surface area contributed by atoms with Crippen molar-refractivity contribution in [3.8, 4) is 5.75 Å². The SMILES string of the molecule is Cc1cc(C)c(C(=O)Nc2ccc(OCCCC(=O)O)cc2)c(C)c1. The fraction of sp³-hybridized carbons (Fsp3) is 0.300. The predicted octanol–water partition coefficient (Wildman–Crippen LogP) is 4.11. The highest BCUT2D eigenvalue weighted by Crippen LogP contribution is 2.20. The van der Waals surface area contributed by atoms with Crippen LogP contribution in [0.2, 0.25) is 0 Å². The molecule has 2 rings (SSSR count). The van der Waals surface area contributed by atoms with E-state index in [0.717, 1.165) is 16.7 Å². The molecule has 0 aliphatic rings. The molecule has 2 aromatic carbocycles. The lowest BCUT2D eigenvalue weighted by Crippen LogP contribution is -2.15. The van der Waals surface area contributed by atoms with Crippen molar-refractivity contribution in [1.82, 2.24) is 0 Å². The van der Waals surface area contributed by atoms with Gasteiger partial charge in [0.2, 0.25) is 0 Å². The van der Waals surface area contributed by atoms with Crippen molar-refractivity contribution >= 4 is 17.6 Å². The summed E-state index contributed by atoms with van der Waals surface area (Å²) in [5, 5.41) is 11.5. The lowest BCUT2D eigenvalue weighted by Gasteiger charge is -2.12. The van der Waals surface area contributed by atoms with E-state index in [1.165, 1.54) is 0 Å². The van der Waals surface area contributed by atoms with Gasteiger partial charge in [-0.25, -0.2) is 0 Å². The van der Waals surface area contributed by atoms with Gasteiger partial charge in [0.25, 0.3) is 5.91 Å². The molecule has 0 saturated carbocycles. The van der Waals surface area contributed by atoms with E-state index in [1.807, 2.05) is 32.9 Å². The van der Waals surface area contributed by atoms with Gasteiger partial charge in [-0.3, -0.25) is 9.59 Å². The molecule has 0 atom stereocenters. The molecule has 1 amide bonds. The molecule has 0 unspecified atom stereocenters. The molecule has 0 fully saturated rings. The predicted molar refractivity (Wildman–Crippen MR) is 97.4 cm³/mol. The van der Waals surface area contributed by atoms with Crippen molar-refractivity contribution in [1.29, 1.82) is 0 Å². The highest BCUT2D eigenvalue weighted by Gasteiger charge is 2.13. The van der Waals surface area contributed by atoms with Gasteiger partial charge >= 0.3 is 5.97 Å². The Bertz CT molecular complexity index is 743. The Balaban J connectivity index is 1.97. The minimum absolute atomic E-state index is 0.0867. The second-order valence-electron chi connectivity index (χ2n) is 6.10. The number of rotatable bonds is 7. The van der Waals surface area contributed by atoms with Gasteiger partial charge in [0.15, 0.2) is 0 Å². The Morgan fingerprint density at radius 2 is 1.64 bits per heavy atom. The second-order valence-corrected chi connectivity index (χ2v) is 6.10. The first-order valence-electron chi connectivity index (χ1n) is 8.20. The average molecular weight is 341 g/mol. The number of amides is 1. The van der Waals surface area contributed by atoms with Crippen molar-refractivity contribution in [2.45, 2.75) is 33.6 Å². The number of hydrogen-bond acceptors (Lipinski definition) is 3. The second kappa shape index (κ2) is 8.33. The number of aryl methyl sites for hydroxylation is 3. The Hall–Kier alpha value is -2.82. The molecule has 132 valence electrons. The number of ether oxygens (including phenoxy) is 1. The van der Waals surface area contributed by atoms with Crippen molar-refractivity contribution in [3.63, 3.8) is 0 Å². The molecule has 2 aromatic rings. The number of carboxylic acids is 1. The summed E-state index contributed by atoms with van der Waals surface area (Å²) in [6.07, 6.45) is 0.545. The van der Waals surface area contributed by atoms with Gasteiger partial charge in [-0.1, -0.05) is 17.7 Å². The molecule has 0 aliphatic carbocycles. The molecule has 0 bridgehead atoms. The quantitative estimate of drug-likeness (QED) is 0.743. The summed E-state index contributed by atoms with van der Waals surface area (Å²) >= 11 is 0. The average Bonchev–Trinajstić information content (AvgIpc) is 2.52. The fourth-order valence-electron chi connectivity index (χ4n) is 2.78. The molecule has 0 aromatic heterocycles. The minimum atomic E-state index is -0.830. The van der Waals surface area contributed by atoms with E-state index in [1.54, 1.807) is 24.3 Å². The van der Waals surface area contributed by atoms with Crippen molar-refractivity contribution in [2.24, 2.45) is 0 Å². The molecular weight excluding hydrogens is 318 g/mol. The number of aliphatic carboxylic acids is 1. The molecule has 25 heavy (non-hydrogen) atoms. The lowest BCUT2D eigenvalue weighted by molar-refractivity contribution is -0.137. The van der Waals surface area contributed by atoms with E-state index >= 15 is 0 Å². The largest absolute Gasteiger partial charge is 0.494 e. The van der Waals surface area contributed by atoms with Crippen LogP contribution in [0.5, 0.6) is 5.75 Å². The van der Waals surface area contributed by atoms with E-state index in [-0.39, 0.29) is 12.3 Å². The van der Waals surface area contributed by atoms with E-state index < -0.39 is 5.97 Å². The third-order valence-corrected chi connectivity index (χ3v) is 3.82. The number of carboxylic acid groups (broad SMARTS) is 1. The van der Waals surface area contributed by atoms with Crippen LogP contribution >= 0.6 is 0 Å². The molecule has 0 aliphatic heterocycles. The van der Waals surface area contributed by atoms with Crippen LogP contribution in [0.1, 0.15) is 39.9 Å². The molecular formula is C20H23NO4. The molecule has 0 heterocycles. The lowest BCUT2D eigenvalue weighted by atomic mass is 9.99. The maximum atomic E-state index is 12.5. The summed E-state index contributed by atoms with van der Waals surface area (Å²) in [7, 11) is 0. The molecule has 5 nitrogen and oxygen atoms in total. The van der Waals surface area contributed by atoms with Crippen LogP contribution in [-0.4, -0.2) is 23.6 Å². The standard InChI is InChI=1S/C20H23NO4/c1-13-11-14(2)19(15(3)12-13)20(24)21-16-6-8-17(9-7-16)25-10-4-5-18(22)23/h6-9,11-12H,4-5,10H2,1-3H3,(H,21,24)(H,22,23). The third kappa shape index (κ3) is 5.35. The molecule has 0 spiro atoms. The Labute approximate surface area is 147 Å². The van der Waals surface area contributed by atoms with Gasteiger partial charge in [0.1, 0.15) is 5.75 Å². The van der Waals surface area contributed by atoms with E-state index in [9.17, 15) is 9.59 Å². The van der Waals surface area contributed by atoms with Gasteiger partial charge in [-0.15, -0.1) is 0 Å². The Morgan fingerprint density at radius 3 is 2.20 bits per heavy atom. The van der Waals surface area contributed by atoms with E-state index in [4.69, 9.17) is 9.84 Å². The maximum Gasteiger partial charge on any atom is 0.303 e.